The van der Waals surface area contributed by atoms with Crippen molar-refractivity contribution in [3.8, 4) is 0 Å². The van der Waals surface area contributed by atoms with Crippen molar-refractivity contribution in [2.45, 2.75) is 13.3 Å². The molecule has 3 heterocycles. The Morgan fingerprint density at radius 3 is 3.00 bits per heavy atom. The number of rotatable bonds is 3. The largest absolute Gasteiger partial charge is 0.396 e. The van der Waals surface area contributed by atoms with Gasteiger partial charge in [0.2, 0.25) is 5.95 Å². The Morgan fingerprint density at radius 1 is 1.52 bits per heavy atom. The van der Waals surface area contributed by atoms with Crippen molar-refractivity contribution in [1.29, 1.82) is 0 Å². The molecule has 2 aliphatic heterocycles. The van der Waals surface area contributed by atoms with Gasteiger partial charge >= 0.3 is 0 Å². The monoisotopic (exact) mass is 292 g/mol. The van der Waals surface area contributed by atoms with Crippen molar-refractivity contribution in [2.24, 2.45) is 11.3 Å². The third-order valence-corrected chi connectivity index (χ3v) is 4.77. The molecule has 1 aromatic rings. The molecule has 2 saturated heterocycles. The van der Waals surface area contributed by atoms with Gasteiger partial charge in [-0.15, -0.1) is 0 Å². The van der Waals surface area contributed by atoms with Crippen molar-refractivity contribution < 1.29 is 9.84 Å². The predicted molar refractivity (Wildman–Crippen MR) is 81.8 cm³/mol. The molecule has 0 spiro atoms. The summed E-state index contributed by atoms with van der Waals surface area (Å²) < 4.78 is 5.61. The van der Waals surface area contributed by atoms with Gasteiger partial charge in [-0.2, -0.15) is 4.98 Å². The van der Waals surface area contributed by atoms with Crippen LogP contribution in [0.1, 0.15) is 12.0 Å². The summed E-state index contributed by atoms with van der Waals surface area (Å²) in [5.41, 5.74) is 0.922. The number of ether oxygens (including phenoxy) is 1. The molecule has 2 atom stereocenters. The Labute approximate surface area is 125 Å². The summed E-state index contributed by atoms with van der Waals surface area (Å²) >= 11 is 0. The maximum absolute atomic E-state index is 9.85. The zero-order valence-electron chi connectivity index (χ0n) is 13.0. The quantitative estimate of drug-likeness (QED) is 0.884. The van der Waals surface area contributed by atoms with Crippen LogP contribution in [0.2, 0.25) is 0 Å². The number of fused-ring (bicyclic) bond motifs is 1. The maximum Gasteiger partial charge on any atom is 0.227 e. The molecule has 2 aliphatic rings. The van der Waals surface area contributed by atoms with Crippen LogP contribution in [0.4, 0.5) is 11.8 Å². The van der Waals surface area contributed by atoms with Gasteiger partial charge in [0.1, 0.15) is 5.82 Å². The number of hydrogen-bond acceptors (Lipinski definition) is 6. The predicted octanol–water partition coefficient (Wildman–Crippen LogP) is 0.686. The van der Waals surface area contributed by atoms with Crippen LogP contribution in [0, 0.1) is 18.3 Å². The van der Waals surface area contributed by atoms with E-state index in [-0.39, 0.29) is 12.0 Å². The van der Waals surface area contributed by atoms with Gasteiger partial charge in [-0.3, -0.25) is 0 Å². The van der Waals surface area contributed by atoms with Crippen molar-refractivity contribution in [3.05, 3.63) is 11.8 Å². The van der Waals surface area contributed by atoms with Crippen molar-refractivity contribution in [2.75, 3.05) is 56.8 Å². The van der Waals surface area contributed by atoms with Gasteiger partial charge in [-0.1, -0.05) is 0 Å². The van der Waals surface area contributed by atoms with E-state index in [9.17, 15) is 5.11 Å². The van der Waals surface area contributed by atoms with E-state index >= 15 is 0 Å². The zero-order chi connectivity index (χ0) is 15.0. The van der Waals surface area contributed by atoms with Crippen LogP contribution in [-0.4, -0.2) is 62.1 Å². The third-order valence-electron chi connectivity index (χ3n) is 4.77. The Hall–Kier alpha value is -1.40. The summed E-state index contributed by atoms with van der Waals surface area (Å²) in [6.45, 7) is 5.28. The van der Waals surface area contributed by atoms with E-state index in [1.807, 2.05) is 32.1 Å². The van der Waals surface area contributed by atoms with Crippen LogP contribution in [0.3, 0.4) is 0 Å². The van der Waals surface area contributed by atoms with E-state index < -0.39 is 0 Å². The molecule has 1 N–H and O–H groups in total. The van der Waals surface area contributed by atoms with Crippen molar-refractivity contribution >= 4 is 11.8 Å². The highest BCUT2D eigenvalue weighted by Gasteiger charge is 2.48. The van der Waals surface area contributed by atoms with E-state index in [2.05, 4.69) is 9.88 Å². The number of aliphatic hydroxyl groups is 1. The average Bonchev–Trinajstić information content (AvgIpc) is 2.87. The summed E-state index contributed by atoms with van der Waals surface area (Å²) in [6.07, 6.45) is 2.88. The number of anilines is 2. The molecule has 6 nitrogen and oxygen atoms in total. The SMILES string of the molecule is Cc1cnc(N2C[C@@H]3CCOC[C@]3(CO)C2)nc1N(C)C. The van der Waals surface area contributed by atoms with Crippen LogP contribution >= 0.6 is 0 Å². The number of nitrogens with zero attached hydrogens (tertiary/aromatic N) is 4. The molecule has 0 bridgehead atoms. The first kappa shape index (κ1) is 14.5. The smallest absolute Gasteiger partial charge is 0.227 e. The van der Waals surface area contributed by atoms with Crippen LogP contribution in [-0.2, 0) is 4.74 Å². The number of hydrogen-bond donors (Lipinski definition) is 1. The van der Waals surface area contributed by atoms with Gasteiger partial charge in [0, 0.05) is 51.0 Å². The zero-order valence-corrected chi connectivity index (χ0v) is 13.0. The lowest BCUT2D eigenvalue weighted by atomic mass is 9.76. The molecule has 0 amide bonds. The second-order valence-corrected chi connectivity index (χ2v) is 6.51. The molecule has 0 aromatic carbocycles. The van der Waals surface area contributed by atoms with E-state index in [1.54, 1.807) is 0 Å². The maximum atomic E-state index is 9.85. The molecule has 0 radical (unpaired) electrons. The topological polar surface area (TPSA) is 61.7 Å². The molecule has 0 unspecified atom stereocenters. The van der Waals surface area contributed by atoms with E-state index in [4.69, 9.17) is 9.72 Å². The van der Waals surface area contributed by atoms with Gasteiger partial charge in [-0.25, -0.2) is 4.98 Å². The number of aromatic nitrogens is 2. The molecular weight excluding hydrogens is 268 g/mol. The molecule has 2 fully saturated rings. The van der Waals surface area contributed by atoms with Gasteiger partial charge in [-0.05, 0) is 19.3 Å². The number of aryl methyl sites for hydroxylation is 1. The van der Waals surface area contributed by atoms with Crippen molar-refractivity contribution in [3.63, 3.8) is 0 Å². The summed E-state index contributed by atoms with van der Waals surface area (Å²) in [5, 5.41) is 9.85. The lowest BCUT2D eigenvalue weighted by Gasteiger charge is -2.36. The number of aliphatic hydroxyl groups excluding tert-OH is 1. The van der Waals surface area contributed by atoms with Gasteiger partial charge < -0.3 is 19.6 Å². The molecule has 21 heavy (non-hydrogen) atoms. The summed E-state index contributed by atoms with van der Waals surface area (Å²) in [5.74, 6) is 2.17. The Kier molecular flexibility index (Phi) is 3.75. The van der Waals surface area contributed by atoms with Gasteiger partial charge in [0.25, 0.3) is 0 Å². The Bertz CT molecular complexity index is 522. The van der Waals surface area contributed by atoms with Crippen LogP contribution in [0.15, 0.2) is 6.20 Å². The Morgan fingerprint density at radius 2 is 2.33 bits per heavy atom. The minimum Gasteiger partial charge on any atom is -0.396 e. The molecule has 6 heteroatoms. The first-order valence-corrected chi connectivity index (χ1v) is 7.50. The second-order valence-electron chi connectivity index (χ2n) is 6.51. The first-order valence-electron chi connectivity index (χ1n) is 7.50. The van der Waals surface area contributed by atoms with E-state index in [0.717, 1.165) is 43.4 Å². The minimum absolute atomic E-state index is 0.148. The average molecular weight is 292 g/mol. The fourth-order valence-electron chi connectivity index (χ4n) is 3.50. The molecule has 116 valence electrons. The van der Waals surface area contributed by atoms with Crippen molar-refractivity contribution in [1.82, 2.24) is 9.97 Å². The van der Waals surface area contributed by atoms with Crippen LogP contribution < -0.4 is 9.80 Å². The highest BCUT2D eigenvalue weighted by atomic mass is 16.5. The molecular formula is C15H24N4O2. The summed E-state index contributed by atoms with van der Waals surface area (Å²) in [6, 6.07) is 0. The molecule has 3 rings (SSSR count). The summed E-state index contributed by atoms with van der Waals surface area (Å²) in [7, 11) is 3.98. The van der Waals surface area contributed by atoms with Crippen LogP contribution in [0.25, 0.3) is 0 Å². The lowest BCUT2D eigenvalue weighted by molar-refractivity contribution is -0.0543. The molecule has 0 aliphatic carbocycles. The normalized spacial score (nSPS) is 28.6. The third kappa shape index (κ3) is 2.46. The van der Waals surface area contributed by atoms with E-state index in [0.29, 0.717) is 12.5 Å². The molecule has 0 saturated carbocycles. The van der Waals surface area contributed by atoms with E-state index in [1.165, 1.54) is 0 Å². The Balaban J connectivity index is 1.87. The fraction of sp³-hybridized carbons (Fsp3) is 0.733. The second kappa shape index (κ2) is 5.42. The lowest BCUT2D eigenvalue weighted by Crippen LogP contribution is -2.43. The van der Waals surface area contributed by atoms with Gasteiger partial charge in [0.05, 0.1) is 13.2 Å². The first-order chi connectivity index (χ1) is 10.1. The fourth-order valence-corrected chi connectivity index (χ4v) is 3.50. The molecule has 1 aromatic heterocycles. The van der Waals surface area contributed by atoms with Gasteiger partial charge in [0.15, 0.2) is 0 Å². The minimum atomic E-state index is -0.148. The highest BCUT2D eigenvalue weighted by Crippen LogP contribution is 2.42. The summed E-state index contributed by atoms with van der Waals surface area (Å²) in [4.78, 5) is 13.4. The van der Waals surface area contributed by atoms with Crippen LogP contribution in [0.5, 0.6) is 0 Å². The standard InChI is InChI=1S/C15H24N4O2/c1-11-6-16-14(17-13(11)18(2)3)19-7-12-4-5-21-10-15(12,8-19)9-20/h6,12,20H,4-5,7-10H2,1-3H3/t12-,15+/m0/s1. The highest BCUT2D eigenvalue weighted by molar-refractivity contribution is 5.49.